The van der Waals surface area contributed by atoms with Gasteiger partial charge in [0.05, 0.1) is 0 Å². The average molecular weight is 255 g/mol. The van der Waals surface area contributed by atoms with Gasteiger partial charge in [0, 0.05) is 17.3 Å². The molecule has 1 aliphatic carbocycles. The Morgan fingerprint density at radius 1 is 1.37 bits per heavy atom. The van der Waals surface area contributed by atoms with Crippen LogP contribution in [0.4, 0.5) is 5.69 Å². The van der Waals surface area contributed by atoms with Gasteiger partial charge in [-0.3, -0.25) is 0 Å². The summed E-state index contributed by atoms with van der Waals surface area (Å²) in [4.78, 5) is 0. The van der Waals surface area contributed by atoms with E-state index in [9.17, 15) is 0 Å². The van der Waals surface area contributed by atoms with E-state index in [4.69, 9.17) is 6.42 Å². The van der Waals surface area contributed by atoms with Crippen molar-refractivity contribution in [3.8, 4) is 12.3 Å². The molecule has 2 rings (SSSR count). The maximum atomic E-state index is 5.45. The summed E-state index contributed by atoms with van der Waals surface area (Å²) in [5.41, 5.74) is 2.13. The number of rotatable bonds is 4. The van der Waals surface area contributed by atoms with Crippen LogP contribution in [0.25, 0.3) is 0 Å². The van der Waals surface area contributed by atoms with Gasteiger partial charge in [0.2, 0.25) is 0 Å². The summed E-state index contributed by atoms with van der Waals surface area (Å²) in [6.07, 6.45) is 12.2. The van der Waals surface area contributed by atoms with Crippen LogP contribution in [0.5, 0.6) is 0 Å². The summed E-state index contributed by atoms with van der Waals surface area (Å²) >= 11 is 0. The first-order valence-electron chi connectivity index (χ1n) is 7.50. The van der Waals surface area contributed by atoms with Crippen molar-refractivity contribution in [1.29, 1.82) is 0 Å². The minimum Gasteiger partial charge on any atom is -0.382 e. The fourth-order valence-corrected chi connectivity index (χ4v) is 3.24. The van der Waals surface area contributed by atoms with Crippen molar-refractivity contribution in [2.45, 2.75) is 52.0 Å². The van der Waals surface area contributed by atoms with Gasteiger partial charge in [-0.2, -0.15) is 0 Å². The maximum Gasteiger partial charge on any atom is 0.0354 e. The van der Waals surface area contributed by atoms with Crippen LogP contribution in [0.3, 0.4) is 0 Å². The molecule has 1 fully saturated rings. The highest BCUT2D eigenvalue weighted by Crippen LogP contribution is 2.31. The monoisotopic (exact) mass is 255 g/mol. The molecule has 1 aromatic carbocycles. The highest BCUT2D eigenvalue weighted by atomic mass is 14.9. The summed E-state index contributed by atoms with van der Waals surface area (Å²) in [6.45, 7) is 4.65. The zero-order valence-electron chi connectivity index (χ0n) is 12.2. The molecule has 0 aliphatic heterocycles. The highest BCUT2D eigenvalue weighted by molar-refractivity contribution is 5.50. The van der Waals surface area contributed by atoms with Gasteiger partial charge >= 0.3 is 0 Å². The van der Waals surface area contributed by atoms with Gasteiger partial charge in [-0.15, -0.1) is 6.42 Å². The van der Waals surface area contributed by atoms with Crippen LogP contribution in [0, 0.1) is 24.2 Å². The standard InChI is InChI=1S/C18H25N/c1-4-15-7-5-9-17(12-15)19-18-10-6-8-16(13-18)11-14(2)3/h1,5,7,9,12,14,16,18-19H,6,8,10-11,13H2,2-3H3. The number of terminal acetylenes is 1. The Kier molecular flexibility index (Phi) is 4.91. The Morgan fingerprint density at radius 2 is 2.21 bits per heavy atom. The summed E-state index contributed by atoms with van der Waals surface area (Å²) in [6, 6.07) is 8.82. The van der Waals surface area contributed by atoms with Crippen LogP contribution < -0.4 is 5.32 Å². The normalized spacial score (nSPS) is 23.1. The molecule has 0 heterocycles. The molecule has 1 aliphatic rings. The van der Waals surface area contributed by atoms with Crippen molar-refractivity contribution in [2.24, 2.45) is 11.8 Å². The predicted molar refractivity (Wildman–Crippen MR) is 83.2 cm³/mol. The quantitative estimate of drug-likeness (QED) is 0.770. The fraction of sp³-hybridized carbons (Fsp3) is 0.556. The van der Waals surface area contributed by atoms with Crippen molar-refractivity contribution in [3.05, 3.63) is 29.8 Å². The lowest BCUT2D eigenvalue weighted by molar-refractivity contribution is 0.289. The van der Waals surface area contributed by atoms with Crippen molar-refractivity contribution in [2.75, 3.05) is 5.32 Å². The molecule has 0 amide bonds. The van der Waals surface area contributed by atoms with Crippen LogP contribution in [0.15, 0.2) is 24.3 Å². The molecule has 0 spiro atoms. The third kappa shape index (κ3) is 4.31. The second kappa shape index (κ2) is 6.66. The first kappa shape index (κ1) is 14.0. The second-order valence-corrected chi connectivity index (χ2v) is 6.23. The summed E-state index contributed by atoms with van der Waals surface area (Å²) in [7, 11) is 0. The second-order valence-electron chi connectivity index (χ2n) is 6.23. The topological polar surface area (TPSA) is 12.0 Å². The maximum absolute atomic E-state index is 5.45. The van der Waals surface area contributed by atoms with E-state index < -0.39 is 0 Å². The van der Waals surface area contributed by atoms with Crippen LogP contribution in [0.1, 0.15) is 51.5 Å². The molecule has 0 radical (unpaired) electrons. The molecule has 2 unspecified atom stereocenters. The van der Waals surface area contributed by atoms with E-state index in [0.29, 0.717) is 6.04 Å². The van der Waals surface area contributed by atoms with E-state index in [2.05, 4.69) is 37.2 Å². The van der Waals surface area contributed by atoms with Gasteiger partial charge in [0.1, 0.15) is 0 Å². The van der Waals surface area contributed by atoms with E-state index in [1.54, 1.807) is 0 Å². The number of anilines is 1. The van der Waals surface area contributed by atoms with Crippen molar-refractivity contribution in [1.82, 2.24) is 0 Å². The van der Waals surface area contributed by atoms with Crippen LogP contribution in [-0.2, 0) is 0 Å². The summed E-state index contributed by atoms with van der Waals surface area (Å²) in [5.74, 6) is 4.40. The lowest BCUT2D eigenvalue weighted by atomic mass is 9.81. The minimum atomic E-state index is 0.616. The molecule has 2 atom stereocenters. The van der Waals surface area contributed by atoms with E-state index in [1.807, 2.05) is 12.1 Å². The Hall–Kier alpha value is -1.42. The Balaban J connectivity index is 1.93. The molecule has 19 heavy (non-hydrogen) atoms. The number of hydrogen-bond acceptors (Lipinski definition) is 1. The fourth-order valence-electron chi connectivity index (χ4n) is 3.24. The minimum absolute atomic E-state index is 0.616. The van der Waals surface area contributed by atoms with Gasteiger partial charge in [-0.25, -0.2) is 0 Å². The third-order valence-electron chi connectivity index (χ3n) is 3.99. The highest BCUT2D eigenvalue weighted by Gasteiger charge is 2.22. The Labute approximate surface area is 117 Å². The first-order valence-corrected chi connectivity index (χ1v) is 7.50. The predicted octanol–water partition coefficient (Wildman–Crippen LogP) is 4.68. The number of hydrogen-bond donors (Lipinski definition) is 1. The van der Waals surface area contributed by atoms with Gasteiger partial charge in [-0.1, -0.05) is 38.7 Å². The molecule has 0 aromatic heterocycles. The first-order chi connectivity index (χ1) is 9.17. The Morgan fingerprint density at radius 3 is 2.95 bits per heavy atom. The zero-order valence-corrected chi connectivity index (χ0v) is 12.2. The number of benzene rings is 1. The molecule has 0 saturated heterocycles. The van der Waals surface area contributed by atoms with Crippen LogP contribution >= 0.6 is 0 Å². The SMILES string of the molecule is C#Cc1cccc(NC2CCCC(CC(C)C)C2)c1. The largest absolute Gasteiger partial charge is 0.382 e. The van der Waals surface area contributed by atoms with Gasteiger partial charge in [0.25, 0.3) is 0 Å². The summed E-state index contributed by atoms with van der Waals surface area (Å²) < 4.78 is 0. The number of nitrogens with one attached hydrogen (secondary N) is 1. The van der Waals surface area contributed by atoms with Crippen molar-refractivity contribution >= 4 is 5.69 Å². The molecule has 0 bridgehead atoms. The third-order valence-corrected chi connectivity index (χ3v) is 3.99. The Bertz CT molecular complexity index is 441. The van der Waals surface area contributed by atoms with Crippen LogP contribution in [0.2, 0.25) is 0 Å². The lowest BCUT2D eigenvalue weighted by Gasteiger charge is -2.31. The molecule has 1 aromatic rings. The molecule has 1 saturated carbocycles. The smallest absolute Gasteiger partial charge is 0.0354 e. The lowest BCUT2D eigenvalue weighted by Crippen LogP contribution is -2.27. The van der Waals surface area contributed by atoms with Crippen LogP contribution in [-0.4, -0.2) is 6.04 Å². The summed E-state index contributed by atoms with van der Waals surface area (Å²) in [5, 5.41) is 3.66. The van der Waals surface area contributed by atoms with Crippen molar-refractivity contribution < 1.29 is 0 Å². The van der Waals surface area contributed by atoms with Gasteiger partial charge in [-0.05, 0) is 49.3 Å². The molecule has 1 nitrogen and oxygen atoms in total. The molecule has 1 heteroatoms. The van der Waals surface area contributed by atoms with E-state index in [-0.39, 0.29) is 0 Å². The molecular formula is C18H25N. The van der Waals surface area contributed by atoms with E-state index in [1.165, 1.54) is 37.8 Å². The van der Waals surface area contributed by atoms with Gasteiger partial charge < -0.3 is 5.32 Å². The van der Waals surface area contributed by atoms with Gasteiger partial charge in [0.15, 0.2) is 0 Å². The zero-order chi connectivity index (χ0) is 13.7. The van der Waals surface area contributed by atoms with Crippen molar-refractivity contribution in [3.63, 3.8) is 0 Å². The van der Waals surface area contributed by atoms with E-state index in [0.717, 1.165) is 17.4 Å². The molecule has 102 valence electrons. The average Bonchev–Trinajstić information content (AvgIpc) is 2.38. The molecular weight excluding hydrogens is 230 g/mol. The molecule has 1 N–H and O–H groups in total. The van der Waals surface area contributed by atoms with E-state index >= 15 is 0 Å².